The third-order valence-corrected chi connectivity index (χ3v) is 7.57. The van der Waals surface area contributed by atoms with Crippen LogP contribution in [-0.4, -0.2) is 35.7 Å². The van der Waals surface area contributed by atoms with Gasteiger partial charge in [-0.2, -0.15) is 0 Å². The lowest BCUT2D eigenvalue weighted by Gasteiger charge is -2.22. The van der Waals surface area contributed by atoms with Crippen molar-refractivity contribution in [3.05, 3.63) is 64.9 Å². The van der Waals surface area contributed by atoms with Crippen molar-refractivity contribution in [1.29, 1.82) is 0 Å². The first kappa shape index (κ1) is 21.9. The quantitative estimate of drug-likeness (QED) is 0.568. The Labute approximate surface area is 190 Å². The fourth-order valence-electron chi connectivity index (χ4n) is 3.80. The van der Waals surface area contributed by atoms with E-state index in [9.17, 15) is 13.2 Å². The van der Waals surface area contributed by atoms with Crippen LogP contribution in [0.4, 0.5) is 5.69 Å². The Kier molecular flexibility index (Phi) is 5.87. The molecule has 1 aliphatic heterocycles. The summed E-state index contributed by atoms with van der Waals surface area (Å²) in [4.78, 5) is 19.2. The molecule has 0 radical (unpaired) electrons. The van der Waals surface area contributed by atoms with Crippen molar-refractivity contribution in [3.63, 3.8) is 0 Å². The van der Waals surface area contributed by atoms with Gasteiger partial charge >= 0.3 is 0 Å². The Bertz CT molecular complexity index is 1270. The molecule has 2 heterocycles. The Hall–Kier alpha value is -2.33. The highest BCUT2D eigenvalue weighted by molar-refractivity contribution is 7.99. The highest BCUT2D eigenvalue weighted by atomic mass is 35.5. The maximum absolute atomic E-state index is 13.1. The number of hydrogen-bond donors (Lipinski definition) is 1. The lowest BCUT2D eigenvalue weighted by Crippen LogP contribution is -2.37. The highest BCUT2D eigenvalue weighted by Crippen LogP contribution is 2.35. The van der Waals surface area contributed by atoms with Gasteiger partial charge in [0.25, 0.3) is 0 Å². The minimum atomic E-state index is -3.79. The van der Waals surface area contributed by atoms with Crippen LogP contribution in [0.5, 0.6) is 0 Å². The fraction of sp³-hybridized carbons (Fsp3) is 0.238. The molecule has 0 bridgehead atoms. The van der Waals surface area contributed by atoms with E-state index in [0.717, 1.165) is 22.5 Å². The van der Waals surface area contributed by atoms with Crippen LogP contribution in [0.25, 0.3) is 5.69 Å². The first-order valence-corrected chi connectivity index (χ1v) is 12.5. The maximum Gasteiger partial charge on any atom is 0.238 e. The number of benzene rings is 2. The average Bonchev–Trinajstić information content (AvgIpc) is 3.30. The molecule has 1 aliphatic rings. The number of rotatable bonds is 5. The van der Waals surface area contributed by atoms with Gasteiger partial charge in [-0.3, -0.25) is 9.36 Å². The summed E-state index contributed by atoms with van der Waals surface area (Å²) >= 11 is 7.60. The second-order valence-corrected chi connectivity index (χ2v) is 10.3. The zero-order valence-corrected chi connectivity index (χ0v) is 19.3. The van der Waals surface area contributed by atoms with Gasteiger partial charge in [-0.1, -0.05) is 29.4 Å². The molecule has 2 N–H and O–H groups in total. The van der Waals surface area contributed by atoms with Gasteiger partial charge < -0.3 is 4.90 Å². The number of hydrogen-bond acceptors (Lipinski definition) is 5. The molecular formula is C21H21ClN4O3S2. The molecule has 31 heavy (non-hydrogen) atoms. The summed E-state index contributed by atoms with van der Waals surface area (Å²) < 4.78 is 25.2. The minimum Gasteiger partial charge on any atom is -0.308 e. The normalized spacial score (nSPS) is 15.9. The van der Waals surface area contributed by atoms with E-state index in [0.29, 0.717) is 16.6 Å². The number of nitrogens with two attached hydrogens (primary N) is 1. The average molecular weight is 477 g/mol. The van der Waals surface area contributed by atoms with Crippen LogP contribution in [0.2, 0.25) is 5.02 Å². The zero-order valence-electron chi connectivity index (χ0n) is 16.9. The molecule has 0 fully saturated rings. The number of sulfonamides is 1. The van der Waals surface area contributed by atoms with Crippen LogP contribution in [0.1, 0.15) is 18.1 Å². The highest BCUT2D eigenvalue weighted by Gasteiger charge is 2.32. The molecule has 10 heteroatoms. The summed E-state index contributed by atoms with van der Waals surface area (Å²) in [5.74, 6) is 0.120. The molecule has 2 aromatic carbocycles. The van der Waals surface area contributed by atoms with E-state index in [2.05, 4.69) is 4.98 Å². The van der Waals surface area contributed by atoms with E-state index in [4.69, 9.17) is 16.7 Å². The Balaban J connectivity index is 1.54. The first-order chi connectivity index (χ1) is 14.7. The summed E-state index contributed by atoms with van der Waals surface area (Å²) in [6.07, 6.45) is 4.11. The van der Waals surface area contributed by atoms with Gasteiger partial charge in [0.05, 0.1) is 16.3 Å². The van der Waals surface area contributed by atoms with E-state index in [1.165, 1.54) is 17.8 Å². The summed E-state index contributed by atoms with van der Waals surface area (Å²) in [5.41, 5.74) is 3.37. The molecule has 1 unspecified atom stereocenters. The predicted octanol–water partition coefficient (Wildman–Crippen LogP) is 3.55. The van der Waals surface area contributed by atoms with E-state index in [1.807, 2.05) is 42.8 Å². The molecule has 0 aliphatic carbocycles. The number of carbonyl (C=O) groups is 1. The van der Waals surface area contributed by atoms with Gasteiger partial charge in [-0.25, -0.2) is 18.5 Å². The van der Waals surface area contributed by atoms with E-state index < -0.39 is 10.0 Å². The second kappa shape index (κ2) is 8.31. The van der Waals surface area contributed by atoms with Crippen molar-refractivity contribution < 1.29 is 13.2 Å². The van der Waals surface area contributed by atoms with Crippen molar-refractivity contribution in [2.75, 3.05) is 10.7 Å². The monoisotopic (exact) mass is 476 g/mol. The number of thioether (sulfide) groups is 1. The van der Waals surface area contributed by atoms with Crippen molar-refractivity contribution in [2.45, 2.75) is 36.4 Å². The molecule has 3 aromatic rings. The van der Waals surface area contributed by atoms with E-state index in [-0.39, 0.29) is 22.6 Å². The molecular weight excluding hydrogens is 456 g/mol. The number of fused-ring (bicyclic) bond motifs is 1. The third kappa shape index (κ3) is 4.23. The Morgan fingerprint density at radius 1 is 1.29 bits per heavy atom. The van der Waals surface area contributed by atoms with Crippen LogP contribution < -0.4 is 10.0 Å². The second-order valence-electron chi connectivity index (χ2n) is 7.40. The summed E-state index contributed by atoms with van der Waals surface area (Å²) in [5, 5.41) is 6.59. The summed E-state index contributed by atoms with van der Waals surface area (Å²) in [7, 11) is -3.79. The largest absolute Gasteiger partial charge is 0.308 e. The van der Waals surface area contributed by atoms with Crippen LogP contribution >= 0.6 is 23.4 Å². The number of halogens is 1. The lowest BCUT2D eigenvalue weighted by molar-refractivity contribution is -0.116. The predicted molar refractivity (Wildman–Crippen MR) is 123 cm³/mol. The standard InChI is InChI=1S/C21H21ClN4O3S2/c1-13-10-15-11-16(31(23,28)29)6-7-19(15)26(13)20(27)12-30-21-24-8-9-25(21)18-5-3-4-17(22)14(18)2/h3-9,11,13H,10,12H2,1-2H3,(H2,23,28,29). The number of amides is 1. The van der Waals surface area contributed by atoms with E-state index in [1.54, 1.807) is 23.2 Å². The zero-order chi connectivity index (χ0) is 22.3. The molecule has 162 valence electrons. The first-order valence-electron chi connectivity index (χ1n) is 9.56. The van der Waals surface area contributed by atoms with Gasteiger partial charge in [-0.15, -0.1) is 0 Å². The van der Waals surface area contributed by atoms with Crippen LogP contribution in [0.3, 0.4) is 0 Å². The minimum absolute atomic E-state index is 0.0565. The van der Waals surface area contributed by atoms with Gasteiger partial charge in [0.2, 0.25) is 15.9 Å². The maximum atomic E-state index is 13.1. The number of imidazole rings is 1. The third-order valence-electron chi connectivity index (χ3n) is 5.29. The van der Waals surface area contributed by atoms with Crippen LogP contribution in [-0.2, 0) is 21.2 Å². The Morgan fingerprint density at radius 3 is 2.81 bits per heavy atom. The molecule has 1 aromatic heterocycles. The molecule has 0 spiro atoms. The van der Waals surface area contributed by atoms with Crippen LogP contribution in [0, 0.1) is 6.92 Å². The van der Waals surface area contributed by atoms with Crippen molar-refractivity contribution >= 4 is 45.0 Å². The summed E-state index contributed by atoms with van der Waals surface area (Å²) in [6.45, 7) is 3.88. The van der Waals surface area contributed by atoms with Crippen molar-refractivity contribution in [3.8, 4) is 5.69 Å². The van der Waals surface area contributed by atoms with Gasteiger partial charge in [0.1, 0.15) is 0 Å². The summed E-state index contributed by atoms with van der Waals surface area (Å²) in [6, 6.07) is 10.2. The molecule has 1 amide bonds. The number of aromatic nitrogens is 2. The lowest BCUT2D eigenvalue weighted by atomic mass is 10.1. The molecule has 1 atom stereocenters. The van der Waals surface area contributed by atoms with Crippen molar-refractivity contribution in [1.82, 2.24) is 9.55 Å². The number of primary sulfonamides is 1. The van der Waals surface area contributed by atoms with Gasteiger partial charge in [0.15, 0.2) is 5.16 Å². The number of anilines is 1. The topological polar surface area (TPSA) is 98.3 Å². The van der Waals surface area contributed by atoms with Crippen molar-refractivity contribution in [2.24, 2.45) is 5.14 Å². The number of carbonyl (C=O) groups excluding carboxylic acids is 1. The van der Waals surface area contributed by atoms with Gasteiger partial charge in [0, 0.05) is 29.1 Å². The molecule has 0 saturated heterocycles. The molecule has 0 saturated carbocycles. The van der Waals surface area contributed by atoms with E-state index >= 15 is 0 Å². The SMILES string of the molecule is Cc1c(Cl)cccc1-n1ccnc1SCC(=O)N1c2ccc(S(N)(=O)=O)cc2CC1C. The molecule has 4 rings (SSSR count). The fourth-order valence-corrected chi connectivity index (χ4v) is 5.36. The molecule has 7 nitrogen and oxygen atoms in total. The van der Waals surface area contributed by atoms with Gasteiger partial charge in [-0.05, 0) is 61.7 Å². The van der Waals surface area contributed by atoms with Crippen LogP contribution in [0.15, 0.2) is 58.8 Å². The smallest absolute Gasteiger partial charge is 0.238 e. The Morgan fingerprint density at radius 2 is 2.06 bits per heavy atom. The number of nitrogens with zero attached hydrogens (tertiary/aromatic N) is 3.